The fourth-order valence-corrected chi connectivity index (χ4v) is 1.41. The van der Waals surface area contributed by atoms with Crippen LogP contribution in [0.5, 0.6) is 0 Å². The molecule has 15 heavy (non-hydrogen) atoms. The van der Waals surface area contributed by atoms with Crippen molar-refractivity contribution in [2.24, 2.45) is 5.73 Å². The Morgan fingerprint density at radius 1 is 1.33 bits per heavy atom. The second kappa shape index (κ2) is 5.19. The summed E-state index contributed by atoms with van der Waals surface area (Å²) in [5, 5.41) is 8.61. The molecule has 0 aromatic heterocycles. The molecule has 2 nitrogen and oxygen atoms in total. The molecule has 0 spiro atoms. The number of halogens is 2. The fraction of sp³-hybridized carbons (Fsp3) is 0.455. The molecule has 1 atom stereocenters. The summed E-state index contributed by atoms with van der Waals surface area (Å²) < 4.78 is 26.6. The summed E-state index contributed by atoms with van der Waals surface area (Å²) in [5.41, 5.74) is 6.12. The third-order valence-corrected chi connectivity index (χ3v) is 2.38. The van der Waals surface area contributed by atoms with Crippen molar-refractivity contribution in [2.45, 2.75) is 25.8 Å². The Morgan fingerprint density at radius 3 is 2.60 bits per heavy atom. The summed E-state index contributed by atoms with van der Waals surface area (Å²) in [6.45, 7) is 1.51. The number of aryl methyl sites for hydroxylation is 1. The van der Waals surface area contributed by atoms with Gasteiger partial charge in [-0.05, 0) is 25.3 Å². The minimum absolute atomic E-state index is 0.00363. The minimum atomic E-state index is -0.875. The van der Waals surface area contributed by atoms with Crippen molar-refractivity contribution in [3.63, 3.8) is 0 Å². The normalized spacial score (nSPS) is 12.9. The summed E-state index contributed by atoms with van der Waals surface area (Å²) in [5.74, 6) is -1.72. The summed E-state index contributed by atoms with van der Waals surface area (Å²) in [6, 6.07) is 2.44. The molecule has 1 aromatic rings. The van der Waals surface area contributed by atoms with Gasteiger partial charge in [-0.25, -0.2) is 8.78 Å². The lowest BCUT2D eigenvalue weighted by Crippen LogP contribution is -2.14. The zero-order valence-corrected chi connectivity index (χ0v) is 8.63. The van der Waals surface area contributed by atoms with Crippen molar-refractivity contribution >= 4 is 0 Å². The molecule has 0 aliphatic rings. The van der Waals surface area contributed by atoms with Crippen LogP contribution in [0.15, 0.2) is 12.1 Å². The molecule has 0 amide bonds. The van der Waals surface area contributed by atoms with Crippen LogP contribution in [-0.4, -0.2) is 11.7 Å². The Kier molecular flexibility index (Phi) is 4.17. The van der Waals surface area contributed by atoms with E-state index >= 15 is 0 Å². The summed E-state index contributed by atoms with van der Waals surface area (Å²) >= 11 is 0. The van der Waals surface area contributed by atoms with Crippen LogP contribution in [-0.2, 0) is 0 Å². The van der Waals surface area contributed by atoms with Crippen LogP contribution < -0.4 is 5.73 Å². The number of hydrogen-bond donors (Lipinski definition) is 2. The molecule has 0 saturated carbocycles. The second-order valence-electron chi connectivity index (χ2n) is 3.57. The Bertz CT molecular complexity index is 342. The van der Waals surface area contributed by atoms with Gasteiger partial charge in [0.2, 0.25) is 0 Å². The standard InChI is InChI=1S/C11H15F2NO/c1-7-4-5-8(11(13)10(7)12)9(14)3-2-6-15/h4-5,9,15H,2-3,6,14H2,1H3/t9-/m1/s1. The highest BCUT2D eigenvalue weighted by Gasteiger charge is 2.15. The van der Waals surface area contributed by atoms with Gasteiger partial charge in [0.15, 0.2) is 11.6 Å². The second-order valence-corrected chi connectivity index (χ2v) is 3.57. The van der Waals surface area contributed by atoms with Crippen LogP contribution in [0.4, 0.5) is 8.78 Å². The molecule has 1 rings (SSSR count). The van der Waals surface area contributed by atoms with E-state index in [9.17, 15) is 8.78 Å². The van der Waals surface area contributed by atoms with Crippen molar-refractivity contribution in [3.05, 3.63) is 34.9 Å². The molecule has 84 valence electrons. The van der Waals surface area contributed by atoms with E-state index in [-0.39, 0.29) is 17.7 Å². The van der Waals surface area contributed by atoms with Crippen LogP contribution in [0.3, 0.4) is 0 Å². The topological polar surface area (TPSA) is 46.2 Å². The number of nitrogens with two attached hydrogens (primary N) is 1. The fourth-order valence-electron chi connectivity index (χ4n) is 1.41. The first-order chi connectivity index (χ1) is 7.07. The smallest absolute Gasteiger partial charge is 0.163 e. The molecule has 0 heterocycles. The van der Waals surface area contributed by atoms with Gasteiger partial charge in [-0.3, -0.25) is 0 Å². The molecule has 1 aromatic carbocycles. The van der Waals surface area contributed by atoms with Crippen molar-refractivity contribution in [1.82, 2.24) is 0 Å². The van der Waals surface area contributed by atoms with Gasteiger partial charge >= 0.3 is 0 Å². The third-order valence-electron chi connectivity index (χ3n) is 2.38. The van der Waals surface area contributed by atoms with Gasteiger partial charge in [-0.2, -0.15) is 0 Å². The van der Waals surface area contributed by atoms with E-state index in [1.165, 1.54) is 19.1 Å². The lowest BCUT2D eigenvalue weighted by molar-refractivity contribution is 0.279. The monoisotopic (exact) mass is 215 g/mol. The molecule has 0 aliphatic heterocycles. The van der Waals surface area contributed by atoms with Crippen molar-refractivity contribution in [1.29, 1.82) is 0 Å². The number of aliphatic hydroxyl groups is 1. The first-order valence-electron chi connectivity index (χ1n) is 4.89. The van der Waals surface area contributed by atoms with Gasteiger partial charge in [-0.1, -0.05) is 12.1 Å². The molecular formula is C11H15F2NO. The number of aliphatic hydroxyl groups excluding tert-OH is 1. The molecule has 0 aliphatic carbocycles. The van der Waals surface area contributed by atoms with Gasteiger partial charge < -0.3 is 10.8 Å². The zero-order valence-electron chi connectivity index (χ0n) is 8.63. The van der Waals surface area contributed by atoms with Gasteiger partial charge in [0, 0.05) is 18.2 Å². The van der Waals surface area contributed by atoms with E-state index in [1.807, 2.05) is 0 Å². The summed E-state index contributed by atoms with van der Waals surface area (Å²) in [4.78, 5) is 0. The van der Waals surface area contributed by atoms with E-state index in [2.05, 4.69) is 0 Å². The number of hydrogen-bond acceptors (Lipinski definition) is 2. The number of rotatable bonds is 4. The molecular weight excluding hydrogens is 200 g/mol. The van der Waals surface area contributed by atoms with Gasteiger partial charge in [0.05, 0.1) is 0 Å². The highest BCUT2D eigenvalue weighted by molar-refractivity contribution is 5.27. The van der Waals surface area contributed by atoms with E-state index in [4.69, 9.17) is 10.8 Å². The minimum Gasteiger partial charge on any atom is -0.396 e. The van der Waals surface area contributed by atoms with Gasteiger partial charge in [0.1, 0.15) is 0 Å². The third kappa shape index (κ3) is 2.73. The molecule has 0 unspecified atom stereocenters. The highest BCUT2D eigenvalue weighted by Crippen LogP contribution is 2.22. The Labute approximate surface area is 87.7 Å². The van der Waals surface area contributed by atoms with E-state index < -0.39 is 17.7 Å². The lowest BCUT2D eigenvalue weighted by atomic mass is 10.0. The molecule has 3 N–H and O–H groups in total. The van der Waals surface area contributed by atoms with Crippen LogP contribution in [0.1, 0.15) is 30.0 Å². The van der Waals surface area contributed by atoms with Crippen LogP contribution in [0.2, 0.25) is 0 Å². The maximum absolute atomic E-state index is 13.4. The van der Waals surface area contributed by atoms with E-state index in [0.717, 1.165) is 0 Å². The molecule has 0 bridgehead atoms. The van der Waals surface area contributed by atoms with Gasteiger partial charge in [-0.15, -0.1) is 0 Å². The SMILES string of the molecule is Cc1ccc([C@H](N)CCCO)c(F)c1F. The molecule has 4 heteroatoms. The maximum Gasteiger partial charge on any atom is 0.163 e. The first kappa shape index (κ1) is 12.1. The molecule has 0 radical (unpaired) electrons. The molecule has 0 fully saturated rings. The Balaban J connectivity index is 2.90. The van der Waals surface area contributed by atoms with Crippen LogP contribution >= 0.6 is 0 Å². The summed E-state index contributed by atoms with van der Waals surface area (Å²) in [6.07, 6.45) is 0.923. The lowest BCUT2D eigenvalue weighted by Gasteiger charge is -2.13. The average Bonchev–Trinajstić information content (AvgIpc) is 2.23. The Morgan fingerprint density at radius 2 is 2.00 bits per heavy atom. The quantitative estimate of drug-likeness (QED) is 0.807. The zero-order chi connectivity index (χ0) is 11.4. The Hall–Kier alpha value is -1.00. The average molecular weight is 215 g/mol. The van der Waals surface area contributed by atoms with Crippen LogP contribution in [0, 0.1) is 18.6 Å². The van der Waals surface area contributed by atoms with Gasteiger partial charge in [0.25, 0.3) is 0 Å². The van der Waals surface area contributed by atoms with E-state index in [0.29, 0.717) is 12.8 Å². The predicted octanol–water partition coefficient (Wildman–Crippen LogP) is 2.05. The van der Waals surface area contributed by atoms with Crippen molar-refractivity contribution in [3.8, 4) is 0 Å². The van der Waals surface area contributed by atoms with Crippen molar-refractivity contribution < 1.29 is 13.9 Å². The summed E-state index contributed by atoms with van der Waals surface area (Å²) in [7, 11) is 0. The first-order valence-corrected chi connectivity index (χ1v) is 4.89. The van der Waals surface area contributed by atoms with Crippen LogP contribution in [0.25, 0.3) is 0 Å². The number of benzene rings is 1. The highest BCUT2D eigenvalue weighted by atomic mass is 19.2. The van der Waals surface area contributed by atoms with E-state index in [1.54, 1.807) is 0 Å². The molecule has 0 saturated heterocycles. The maximum atomic E-state index is 13.4. The predicted molar refractivity (Wildman–Crippen MR) is 54.3 cm³/mol. The van der Waals surface area contributed by atoms with Crippen molar-refractivity contribution in [2.75, 3.05) is 6.61 Å². The largest absolute Gasteiger partial charge is 0.396 e.